The number of hydrogen-bond acceptors (Lipinski definition) is 3. The van der Waals surface area contributed by atoms with Gasteiger partial charge < -0.3 is 14.4 Å². The van der Waals surface area contributed by atoms with Crippen molar-refractivity contribution in [2.24, 2.45) is 0 Å². The van der Waals surface area contributed by atoms with Crippen molar-refractivity contribution >= 4 is 0 Å². The molecule has 0 aliphatic heterocycles. The maximum atomic E-state index is 10.4. The molecule has 20 heavy (non-hydrogen) atoms. The highest BCUT2D eigenvalue weighted by Gasteiger charge is 2.29. The topological polar surface area (TPSA) is 47.3 Å². The van der Waals surface area contributed by atoms with Crippen LogP contribution in [0.5, 0.6) is 5.75 Å². The maximum Gasteiger partial charge on any atom is 0.121 e. The summed E-state index contributed by atoms with van der Waals surface area (Å²) in [6.45, 7) is 0.375. The summed E-state index contributed by atoms with van der Waals surface area (Å²) >= 11 is 0. The van der Waals surface area contributed by atoms with Gasteiger partial charge in [-0.1, -0.05) is 25.3 Å². The van der Waals surface area contributed by atoms with Crippen LogP contribution < -0.4 is 4.74 Å². The van der Waals surface area contributed by atoms with E-state index in [1.54, 1.807) is 12.5 Å². The first kappa shape index (κ1) is 13.2. The van der Waals surface area contributed by atoms with Gasteiger partial charge in [-0.2, -0.15) is 0 Å². The lowest BCUT2D eigenvalue weighted by molar-refractivity contribution is -0.0339. The first-order chi connectivity index (χ1) is 9.75. The van der Waals surface area contributed by atoms with Gasteiger partial charge in [0, 0.05) is 18.5 Å². The summed E-state index contributed by atoms with van der Waals surface area (Å²) in [5, 5.41) is 10.4. The molecule has 1 aromatic carbocycles. The molecule has 1 heterocycles. The summed E-state index contributed by atoms with van der Waals surface area (Å²) < 4.78 is 7.74. The van der Waals surface area contributed by atoms with Gasteiger partial charge in [-0.25, -0.2) is 4.98 Å². The first-order valence-corrected chi connectivity index (χ1v) is 7.19. The quantitative estimate of drug-likeness (QED) is 0.931. The average molecular weight is 272 g/mol. The van der Waals surface area contributed by atoms with Crippen molar-refractivity contribution in [2.45, 2.75) is 37.7 Å². The monoisotopic (exact) mass is 272 g/mol. The third kappa shape index (κ3) is 3.02. The number of ether oxygens (including phenoxy) is 1. The lowest BCUT2D eigenvalue weighted by atomic mass is 9.85. The molecule has 0 unspecified atom stereocenters. The Morgan fingerprint density at radius 1 is 1.25 bits per heavy atom. The highest BCUT2D eigenvalue weighted by atomic mass is 16.5. The minimum Gasteiger partial charge on any atom is -0.491 e. The predicted octanol–water partition coefficient (Wildman–Crippen LogP) is 2.95. The van der Waals surface area contributed by atoms with E-state index in [1.165, 1.54) is 6.42 Å². The van der Waals surface area contributed by atoms with E-state index in [1.807, 2.05) is 35.0 Å². The van der Waals surface area contributed by atoms with Gasteiger partial charge in [0.1, 0.15) is 12.4 Å². The Labute approximate surface area is 119 Å². The van der Waals surface area contributed by atoms with E-state index in [0.717, 1.165) is 37.1 Å². The molecule has 1 N–H and O–H groups in total. The lowest BCUT2D eigenvalue weighted by Crippen LogP contribution is -2.37. The molecule has 1 saturated carbocycles. The van der Waals surface area contributed by atoms with Gasteiger partial charge in [-0.15, -0.1) is 0 Å². The standard InChI is InChI=1S/C16H20N2O2/c19-16(7-2-1-3-8-16)12-20-15-6-4-5-14(11-15)18-10-9-17-13-18/h4-6,9-11,13,19H,1-3,7-8,12H2. The van der Waals surface area contributed by atoms with Crippen molar-refractivity contribution < 1.29 is 9.84 Å². The van der Waals surface area contributed by atoms with Crippen molar-refractivity contribution in [1.82, 2.24) is 9.55 Å². The number of imidazole rings is 1. The van der Waals surface area contributed by atoms with Crippen molar-refractivity contribution in [1.29, 1.82) is 0 Å². The summed E-state index contributed by atoms with van der Waals surface area (Å²) in [6.07, 6.45) is 10.5. The molecule has 1 aliphatic rings. The Balaban J connectivity index is 1.67. The van der Waals surface area contributed by atoms with Crippen LogP contribution in [0.25, 0.3) is 5.69 Å². The molecule has 1 aromatic heterocycles. The number of hydrogen-bond donors (Lipinski definition) is 1. The van der Waals surface area contributed by atoms with Crippen LogP contribution in [0.4, 0.5) is 0 Å². The number of aromatic nitrogens is 2. The molecule has 0 bridgehead atoms. The van der Waals surface area contributed by atoms with Gasteiger partial charge in [0.05, 0.1) is 17.6 Å². The fourth-order valence-corrected chi connectivity index (χ4v) is 2.72. The molecule has 2 aromatic rings. The zero-order chi connectivity index (χ0) is 13.8. The van der Waals surface area contributed by atoms with Crippen LogP contribution in [0.15, 0.2) is 43.0 Å². The normalized spacial score (nSPS) is 17.9. The second kappa shape index (κ2) is 5.67. The summed E-state index contributed by atoms with van der Waals surface area (Å²) in [7, 11) is 0. The average Bonchev–Trinajstić information content (AvgIpc) is 3.01. The van der Waals surface area contributed by atoms with Crippen LogP contribution in [0.3, 0.4) is 0 Å². The largest absolute Gasteiger partial charge is 0.491 e. The number of nitrogens with zero attached hydrogens (tertiary/aromatic N) is 2. The van der Waals surface area contributed by atoms with E-state index in [4.69, 9.17) is 4.74 Å². The van der Waals surface area contributed by atoms with Gasteiger partial charge in [0.15, 0.2) is 0 Å². The van der Waals surface area contributed by atoms with Gasteiger partial charge in [-0.05, 0) is 25.0 Å². The van der Waals surface area contributed by atoms with Gasteiger partial charge >= 0.3 is 0 Å². The van der Waals surface area contributed by atoms with Crippen molar-refractivity contribution in [3.8, 4) is 11.4 Å². The van der Waals surface area contributed by atoms with E-state index in [-0.39, 0.29) is 0 Å². The van der Waals surface area contributed by atoms with Gasteiger partial charge in [0.25, 0.3) is 0 Å². The first-order valence-electron chi connectivity index (χ1n) is 7.19. The lowest BCUT2D eigenvalue weighted by Gasteiger charge is -2.31. The smallest absolute Gasteiger partial charge is 0.121 e. The molecule has 1 fully saturated rings. The fraction of sp³-hybridized carbons (Fsp3) is 0.438. The summed E-state index contributed by atoms with van der Waals surface area (Å²) in [4.78, 5) is 4.04. The Morgan fingerprint density at radius 2 is 2.10 bits per heavy atom. The van der Waals surface area contributed by atoms with E-state index in [9.17, 15) is 5.11 Å². The molecule has 4 nitrogen and oxygen atoms in total. The SMILES string of the molecule is OC1(COc2cccc(-n3ccnc3)c2)CCCCC1. The second-order valence-corrected chi connectivity index (χ2v) is 5.54. The van der Waals surface area contributed by atoms with E-state index in [2.05, 4.69) is 4.98 Å². The molecule has 3 rings (SSSR count). The van der Waals surface area contributed by atoms with Crippen LogP contribution in [0, 0.1) is 0 Å². The van der Waals surface area contributed by atoms with Crippen molar-refractivity contribution in [2.75, 3.05) is 6.61 Å². The van der Waals surface area contributed by atoms with E-state index >= 15 is 0 Å². The maximum absolute atomic E-state index is 10.4. The minimum atomic E-state index is -0.650. The Bertz CT molecular complexity index is 545. The summed E-state index contributed by atoms with van der Waals surface area (Å²) in [5.41, 5.74) is 0.360. The molecule has 0 saturated heterocycles. The molecule has 0 amide bonds. The molecule has 0 radical (unpaired) electrons. The molecule has 0 atom stereocenters. The second-order valence-electron chi connectivity index (χ2n) is 5.54. The molecule has 4 heteroatoms. The predicted molar refractivity (Wildman–Crippen MR) is 77.1 cm³/mol. The number of benzene rings is 1. The van der Waals surface area contributed by atoms with Crippen molar-refractivity contribution in [3.63, 3.8) is 0 Å². The number of rotatable bonds is 4. The highest BCUT2D eigenvalue weighted by Crippen LogP contribution is 2.29. The zero-order valence-corrected chi connectivity index (χ0v) is 11.5. The Hall–Kier alpha value is -1.81. The van der Waals surface area contributed by atoms with Gasteiger partial charge in [-0.3, -0.25) is 0 Å². The van der Waals surface area contributed by atoms with E-state index in [0.29, 0.717) is 6.61 Å². The molecule has 106 valence electrons. The highest BCUT2D eigenvalue weighted by molar-refractivity contribution is 5.39. The fourth-order valence-electron chi connectivity index (χ4n) is 2.72. The molecule has 0 spiro atoms. The Morgan fingerprint density at radius 3 is 2.85 bits per heavy atom. The van der Waals surface area contributed by atoms with Gasteiger partial charge in [0.2, 0.25) is 0 Å². The summed E-state index contributed by atoms with van der Waals surface area (Å²) in [5.74, 6) is 0.787. The minimum absolute atomic E-state index is 0.375. The van der Waals surface area contributed by atoms with Crippen LogP contribution in [0.1, 0.15) is 32.1 Å². The van der Waals surface area contributed by atoms with Crippen LogP contribution >= 0.6 is 0 Å². The van der Waals surface area contributed by atoms with Crippen LogP contribution in [0.2, 0.25) is 0 Å². The van der Waals surface area contributed by atoms with E-state index < -0.39 is 5.60 Å². The zero-order valence-electron chi connectivity index (χ0n) is 11.5. The van der Waals surface area contributed by atoms with Crippen LogP contribution in [-0.2, 0) is 0 Å². The summed E-state index contributed by atoms with van der Waals surface area (Å²) in [6, 6.07) is 7.85. The molecule has 1 aliphatic carbocycles. The molecular weight excluding hydrogens is 252 g/mol. The van der Waals surface area contributed by atoms with Crippen LogP contribution in [-0.4, -0.2) is 26.9 Å². The molecular formula is C16H20N2O2. The van der Waals surface area contributed by atoms with Crippen molar-refractivity contribution in [3.05, 3.63) is 43.0 Å². The number of aliphatic hydroxyl groups is 1. The third-order valence-corrected chi connectivity index (χ3v) is 3.91. The Kier molecular flexibility index (Phi) is 3.74. The third-order valence-electron chi connectivity index (χ3n) is 3.91.